The van der Waals surface area contributed by atoms with Gasteiger partial charge in [-0.2, -0.15) is 0 Å². The van der Waals surface area contributed by atoms with E-state index >= 15 is 0 Å². The van der Waals surface area contributed by atoms with Gasteiger partial charge in [0, 0.05) is 10.9 Å². The second-order valence-corrected chi connectivity index (χ2v) is 5.84. The highest BCUT2D eigenvalue weighted by Crippen LogP contribution is 2.32. The zero-order valence-corrected chi connectivity index (χ0v) is 12.2. The van der Waals surface area contributed by atoms with Crippen LogP contribution in [0.3, 0.4) is 0 Å². The lowest BCUT2D eigenvalue weighted by molar-refractivity contribution is 0.911. The van der Waals surface area contributed by atoms with E-state index in [1.807, 2.05) is 6.20 Å². The Kier molecular flexibility index (Phi) is 2.92. The van der Waals surface area contributed by atoms with Gasteiger partial charge in [-0.05, 0) is 31.9 Å². The molecule has 0 amide bonds. The first-order chi connectivity index (χ1) is 9.11. The summed E-state index contributed by atoms with van der Waals surface area (Å²) in [6.45, 7) is 6.92. The second kappa shape index (κ2) is 4.47. The molecule has 0 unspecified atom stereocenters. The molecule has 0 saturated carbocycles. The van der Waals surface area contributed by atoms with E-state index in [0.29, 0.717) is 6.54 Å². The van der Waals surface area contributed by atoms with Crippen LogP contribution in [0.25, 0.3) is 16.1 Å². The third-order valence-electron chi connectivity index (χ3n) is 3.45. The predicted molar refractivity (Wildman–Crippen MR) is 80.6 cm³/mol. The molecular weight excluding hydrogens is 254 g/mol. The highest BCUT2D eigenvalue weighted by Gasteiger charge is 2.14. The Bertz CT molecular complexity index is 729. The predicted octanol–water partition coefficient (Wildman–Crippen LogP) is 3.45. The van der Waals surface area contributed by atoms with Crippen LogP contribution in [0.15, 0.2) is 23.7 Å². The highest BCUT2D eigenvalue weighted by atomic mass is 32.1. The number of aryl methyl sites for hydroxylation is 3. The molecule has 0 aliphatic rings. The monoisotopic (exact) mass is 271 g/mol. The number of thiazole rings is 1. The molecule has 0 radical (unpaired) electrons. The molecular formula is C15H17N3S. The quantitative estimate of drug-likeness (QED) is 0.776. The molecule has 0 fully saturated rings. The summed E-state index contributed by atoms with van der Waals surface area (Å²) in [6.07, 6.45) is 1.90. The first-order valence-electron chi connectivity index (χ1n) is 6.34. The topological polar surface area (TPSA) is 43.3 Å². The maximum absolute atomic E-state index is 5.79. The van der Waals surface area contributed by atoms with Crippen LogP contribution in [0.1, 0.15) is 22.5 Å². The first-order valence-corrected chi connectivity index (χ1v) is 7.22. The Morgan fingerprint density at radius 1 is 1.21 bits per heavy atom. The average Bonchev–Trinajstić information content (AvgIpc) is 2.90. The van der Waals surface area contributed by atoms with E-state index in [1.54, 1.807) is 11.3 Å². The molecule has 4 heteroatoms. The van der Waals surface area contributed by atoms with Crippen molar-refractivity contribution in [1.29, 1.82) is 0 Å². The van der Waals surface area contributed by atoms with Gasteiger partial charge in [-0.15, -0.1) is 11.3 Å². The van der Waals surface area contributed by atoms with Gasteiger partial charge in [0.25, 0.3) is 0 Å². The van der Waals surface area contributed by atoms with Gasteiger partial charge in [-0.3, -0.25) is 4.40 Å². The minimum Gasteiger partial charge on any atom is -0.324 e. The van der Waals surface area contributed by atoms with E-state index in [9.17, 15) is 0 Å². The summed E-state index contributed by atoms with van der Waals surface area (Å²) in [4.78, 5) is 5.53. The summed E-state index contributed by atoms with van der Waals surface area (Å²) in [5.41, 5.74) is 12.2. The molecule has 0 aliphatic heterocycles. The van der Waals surface area contributed by atoms with Gasteiger partial charge in [0.2, 0.25) is 0 Å². The number of rotatable bonds is 2. The van der Waals surface area contributed by atoms with Crippen molar-refractivity contribution in [2.45, 2.75) is 27.3 Å². The van der Waals surface area contributed by atoms with Crippen molar-refractivity contribution in [1.82, 2.24) is 9.38 Å². The fourth-order valence-electron chi connectivity index (χ4n) is 2.78. The van der Waals surface area contributed by atoms with Crippen LogP contribution in [0.5, 0.6) is 0 Å². The lowest BCUT2D eigenvalue weighted by Crippen LogP contribution is -2.03. The van der Waals surface area contributed by atoms with Crippen LogP contribution < -0.4 is 5.73 Å². The maximum atomic E-state index is 5.79. The van der Waals surface area contributed by atoms with Gasteiger partial charge in [-0.1, -0.05) is 17.7 Å². The fourth-order valence-corrected chi connectivity index (χ4v) is 3.66. The Balaban J connectivity index is 2.33. The smallest absolute Gasteiger partial charge is 0.128 e. The molecule has 98 valence electrons. The molecule has 3 aromatic rings. The number of hydrogen-bond donors (Lipinski definition) is 1. The first kappa shape index (κ1) is 12.4. The van der Waals surface area contributed by atoms with E-state index in [2.05, 4.69) is 47.7 Å². The molecule has 0 bridgehead atoms. The molecule has 3 rings (SSSR count). The molecule has 3 nitrogen and oxygen atoms in total. The SMILES string of the molecule is Cc1cc(C)c(-c2csc3cnc(CN)n23)c(C)c1. The third kappa shape index (κ3) is 1.88. The van der Waals surface area contributed by atoms with Gasteiger partial charge in [0.1, 0.15) is 10.7 Å². The number of aromatic nitrogens is 2. The molecule has 0 spiro atoms. The number of fused-ring (bicyclic) bond motifs is 1. The minimum atomic E-state index is 0.460. The van der Waals surface area contributed by atoms with Crippen LogP contribution in [0, 0.1) is 20.8 Å². The summed E-state index contributed by atoms with van der Waals surface area (Å²) in [5, 5.41) is 2.20. The second-order valence-electron chi connectivity index (χ2n) is 4.95. The minimum absolute atomic E-state index is 0.460. The molecule has 0 saturated heterocycles. The molecule has 19 heavy (non-hydrogen) atoms. The standard InChI is InChI=1S/C15H17N3S/c1-9-4-10(2)15(11(3)5-9)12-8-19-14-7-17-13(6-16)18(12)14/h4-5,7-8H,6,16H2,1-3H3. The largest absolute Gasteiger partial charge is 0.324 e. The van der Waals surface area contributed by atoms with Crippen molar-refractivity contribution >= 4 is 16.2 Å². The Morgan fingerprint density at radius 3 is 2.53 bits per heavy atom. The molecule has 1 aromatic carbocycles. The van der Waals surface area contributed by atoms with Gasteiger partial charge in [0.15, 0.2) is 0 Å². The van der Waals surface area contributed by atoms with Crippen LogP contribution in [-0.4, -0.2) is 9.38 Å². The maximum Gasteiger partial charge on any atom is 0.128 e. The molecule has 2 heterocycles. The Labute approximate surface area is 116 Å². The van der Waals surface area contributed by atoms with Crippen molar-refractivity contribution < 1.29 is 0 Å². The van der Waals surface area contributed by atoms with E-state index in [1.165, 1.54) is 27.9 Å². The molecule has 2 N–H and O–H groups in total. The average molecular weight is 271 g/mol. The van der Waals surface area contributed by atoms with Crippen LogP contribution in [-0.2, 0) is 6.54 Å². The summed E-state index contributed by atoms with van der Waals surface area (Å²) in [7, 11) is 0. The fraction of sp³-hybridized carbons (Fsp3) is 0.267. The van der Waals surface area contributed by atoms with Crippen LogP contribution >= 0.6 is 11.3 Å². The number of imidazole rings is 1. The Hall–Kier alpha value is -1.65. The Morgan fingerprint density at radius 2 is 1.89 bits per heavy atom. The van der Waals surface area contributed by atoms with Crippen molar-refractivity contribution in [3.8, 4) is 11.3 Å². The zero-order valence-electron chi connectivity index (χ0n) is 11.4. The van der Waals surface area contributed by atoms with Gasteiger partial charge in [-0.25, -0.2) is 4.98 Å². The molecule has 0 aliphatic carbocycles. The lowest BCUT2D eigenvalue weighted by Gasteiger charge is -2.11. The van der Waals surface area contributed by atoms with Crippen LogP contribution in [0.2, 0.25) is 0 Å². The van der Waals surface area contributed by atoms with Gasteiger partial charge < -0.3 is 5.73 Å². The van der Waals surface area contributed by atoms with E-state index < -0.39 is 0 Å². The lowest BCUT2D eigenvalue weighted by atomic mass is 9.98. The summed E-state index contributed by atoms with van der Waals surface area (Å²) in [6, 6.07) is 4.45. The van der Waals surface area contributed by atoms with Gasteiger partial charge in [0.05, 0.1) is 18.4 Å². The van der Waals surface area contributed by atoms with Crippen molar-refractivity contribution in [3.63, 3.8) is 0 Å². The van der Waals surface area contributed by atoms with Crippen molar-refractivity contribution in [2.24, 2.45) is 5.73 Å². The summed E-state index contributed by atoms with van der Waals surface area (Å²) in [5.74, 6) is 0.922. The summed E-state index contributed by atoms with van der Waals surface area (Å²) < 4.78 is 2.18. The van der Waals surface area contributed by atoms with E-state index in [4.69, 9.17) is 5.73 Å². The number of benzene rings is 1. The number of nitrogens with two attached hydrogens (primary N) is 1. The van der Waals surface area contributed by atoms with E-state index in [0.717, 1.165) is 10.7 Å². The highest BCUT2D eigenvalue weighted by molar-refractivity contribution is 7.15. The molecule has 2 aromatic heterocycles. The van der Waals surface area contributed by atoms with Crippen LogP contribution in [0.4, 0.5) is 0 Å². The third-order valence-corrected chi connectivity index (χ3v) is 4.32. The zero-order chi connectivity index (χ0) is 13.6. The number of hydrogen-bond acceptors (Lipinski definition) is 3. The van der Waals surface area contributed by atoms with Gasteiger partial charge >= 0.3 is 0 Å². The normalized spacial score (nSPS) is 11.4. The summed E-state index contributed by atoms with van der Waals surface area (Å²) >= 11 is 1.71. The molecule has 0 atom stereocenters. The number of nitrogens with zero attached hydrogens (tertiary/aromatic N) is 2. The van der Waals surface area contributed by atoms with Crippen molar-refractivity contribution in [3.05, 3.63) is 46.2 Å². The van der Waals surface area contributed by atoms with E-state index in [-0.39, 0.29) is 0 Å². The van der Waals surface area contributed by atoms with Crippen molar-refractivity contribution in [2.75, 3.05) is 0 Å².